The highest BCUT2D eigenvalue weighted by molar-refractivity contribution is 5.64. The summed E-state index contributed by atoms with van der Waals surface area (Å²) in [6.45, 7) is 1.37. The maximum Gasteiger partial charge on any atom is 0.164 e. The Kier molecular flexibility index (Phi) is 7.60. The van der Waals surface area contributed by atoms with Gasteiger partial charge in [-0.3, -0.25) is 0 Å². The van der Waals surface area contributed by atoms with Crippen LogP contribution in [0.25, 0.3) is 6.08 Å². The van der Waals surface area contributed by atoms with Crippen LogP contribution in [0, 0.1) is 0 Å². The summed E-state index contributed by atoms with van der Waals surface area (Å²) in [5.74, 6) is 3.48. The topological polar surface area (TPSA) is 58.2 Å². The van der Waals surface area contributed by atoms with Crippen LogP contribution in [0.2, 0.25) is 0 Å². The van der Waals surface area contributed by atoms with Crippen molar-refractivity contribution in [2.75, 3.05) is 35.0 Å². The first-order valence-corrected chi connectivity index (χ1v) is 11.3. The Labute approximate surface area is 201 Å². The molecule has 1 aliphatic rings. The van der Waals surface area contributed by atoms with Crippen molar-refractivity contribution in [1.82, 2.24) is 5.32 Å². The quantitative estimate of drug-likeness (QED) is 0.473. The fourth-order valence-electron chi connectivity index (χ4n) is 4.16. The lowest BCUT2D eigenvalue weighted by atomic mass is 9.93. The van der Waals surface area contributed by atoms with Gasteiger partial charge >= 0.3 is 0 Å². The largest absolute Gasteiger partial charge is 0.496 e. The van der Waals surface area contributed by atoms with Crippen molar-refractivity contribution in [2.24, 2.45) is 0 Å². The Hall–Kier alpha value is -3.64. The molecule has 0 radical (unpaired) electrons. The molecule has 0 saturated carbocycles. The summed E-state index contributed by atoms with van der Waals surface area (Å²) in [7, 11) is 6.56. The normalized spacial score (nSPS) is 15.0. The van der Waals surface area contributed by atoms with Gasteiger partial charge in [0.1, 0.15) is 12.4 Å². The molecule has 6 heteroatoms. The molecule has 1 aliphatic heterocycles. The van der Waals surface area contributed by atoms with Crippen LogP contribution in [0.4, 0.5) is 0 Å². The van der Waals surface area contributed by atoms with Crippen LogP contribution in [0.1, 0.15) is 28.3 Å². The van der Waals surface area contributed by atoms with Crippen molar-refractivity contribution in [2.45, 2.75) is 19.1 Å². The van der Waals surface area contributed by atoms with E-state index in [9.17, 15) is 0 Å². The summed E-state index contributed by atoms with van der Waals surface area (Å²) in [5.41, 5.74) is 4.44. The van der Waals surface area contributed by atoms with E-state index in [-0.39, 0.29) is 6.04 Å². The number of benzene rings is 3. The van der Waals surface area contributed by atoms with E-state index in [4.69, 9.17) is 23.7 Å². The maximum absolute atomic E-state index is 6.12. The van der Waals surface area contributed by atoms with Crippen molar-refractivity contribution in [1.29, 1.82) is 0 Å². The van der Waals surface area contributed by atoms with Crippen LogP contribution in [0.15, 0.2) is 60.7 Å². The molecule has 1 unspecified atom stereocenters. The zero-order valence-corrected chi connectivity index (χ0v) is 20.1. The van der Waals surface area contributed by atoms with E-state index in [0.29, 0.717) is 23.9 Å². The Bertz CT molecular complexity index is 1140. The molecule has 0 aliphatic carbocycles. The Morgan fingerprint density at radius 1 is 0.794 bits per heavy atom. The average Bonchev–Trinajstić information content (AvgIpc) is 2.90. The molecule has 0 bridgehead atoms. The van der Waals surface area contributed by atoms with E-state index in [1.807, 2.05) is 36.4 Å². The molecule has 178 valence electrons. The number of ether oxygens (including phenoxy) is 5. The first-order chi connectivity index (χ1) is 16.7. The highest BCUT2D eigenvalue weighted by Gasteiger charge is 2.21. The van der Waals surface area contributed by atoms with Gasteiger partial charge in [0, 0.05) is 18.2 Å². The lowest BCUT2D eigenvalue weighted by Crippen LogP contribution is -2.28. The second kappa shape index (κ2) is 11.0. The third kappa shape index (κ3) is 5.13. The maximum atomic E-state index is 6.12. The number of rotatable bonds is 9. The molecule has 3 aromatic rings. The van der Waals surface area contributed by atoms with Gasteiger partial charge in [-0.15, -0.1) is 0 Å². The lowest BCUT2D eigenvalue weighted by Gasteiger charge is -2.26. The smallest absolute Gasteiger partial charge is 0.164 e. The van der Waals surface area contributed by atoms with E-state index < -0.39 is 0 Å². The predicted octanol–water partition coefficient (Wildman–Crippen LogP) is 5.20. The average molecular weight is 462 g/mol. The molecular weight excluding hydrogens is 430 g/mol. The number of hydrogen-bond acceptors (Lipinski definition) is 6. The van der Waals surface area contributed by atoms with Gasteiger partial charge in [-0.1, -0.05) is 42.5 Å². The lowest BCUT2D eigenvalue weighted by molar-refractivity contribution is 0.283. The monoisotopic (exact) mass is 461 g/mol. The van der Waals surface area contributed by atoms with Crippen molar-refractivity contribution in [3.05, 3.63) is 82.9 Å². The molecule has 34 heavy (non-hydrogen) atoms. The summed E-state index contributed by atoms with van der Waals surface area (Å²) in [5, 5.41) is 3.58. The van der Waals surface area contributed by atoms with Gasteiger partial charge in [0.2, 0.25) is 0 Å². The molecular formula is C28H31NO5. The molecule has 0 spiro atoms. The molecule has 3 aromatic carbocycles. The fraction of sp³-hybridized carbons (Fsp3) is 0.286. The van der Waals surface area contributed by atoms with Gasteiger partial charge < -0.3 is 29.0 Å². The van der Waals surface area contributed by atoms with E-state index >= 15 is 0 Å². The number of hydrogen-bond donors (Lipinski definition) is 1. The summed E-state index contributed by atoms with van der Waals surface area (Å²) < 4.78 is 28.2. The molecule has 6 nitrogen and oxygen atoms in total. The number of methoxy groups -OCH3 is 4. The van der Waals surface area contributed by atoms with Crippen LogP contribution in [-0.4, -0.2) is 35.0 Å². The van der Waals surface area contributed by atoms with Crippen LogP contribution >= 0.6 is 0 Å². The molecule has 0 saturated heterocycles. The second-order valence-electron chi connectivity index (χ2n) is 7.97. The van der Waals surface area contributed by atoms with Crippen LogP contribution in [0.5, 0.6) is 28.7 Å². The van der Waals surface area contributed by atoms with E-state index in [2.05, 4.69) is 35.7 Å². The summed E-state index contributed by atoms with van der Waals surface area (Å²) >= 11 is 0. The number of fused-ring (bicyclic) bond motifs is 1. The number of nitrogens with one attached hydrogen (secondary N) is 1. The molecule has 1 heterocycles. The van der Waals surface area contributed by atoms with Crippen LogP contribution in [-0.2, 0) is 13.0 Å². The Balaban J connectivity index is 1.60. The summed E-state index contributed by atoms with van der Waals surface area (Å²) in [6.07, 6.45) is 5.09. The minimum atomic E-state index is 0.0265. The standard InChI is InChI=1S/C28H31NO5/c1-30-24-17-27(33-4)25(31-2)15-21(24)10-11-23-22-16-26(32-3)28(14-20(22)12-13-29-23)34-18-19-8-6-5-7-9-19/h5-11,14-17,23,29H,12-13,18H2,1-4H3/b11-10+. The van der Waals surface area contributed by atoms with Crippen molar-refractivity contribution in [3.8, 4) is 28.7 Å². The highest BCUT2D eigenvalue weighted by atomic mass is 16.5. The van der Waals surface area contributed by atoms with Gasteiger partial charge in [0.05, 0.1) is 34.5 Å². The molecule has 1 atom stereocenters. The first kappa shape index (κ1) is 23.5. The molecule has 1 N–H and O–H groups in total. The predicted molar refractivity (Wildman–Crippen MR) is 133 cm³/mol. The first-order valence-electron chi connectivity index (χ1n) is 11.3. The SMILES string of the molecule is COc1cc(OC)c(OC)cc1/C=C/C1NCCc2cc(OCc3ccccc3)c(OC)cc21. The molecule has 0 amide bonds. The van der Waals surface area contributed by atoms with Crippen molar-refractivity contribution >= 4 is 6.08 Å². The zero-order chi connectivity index (χ0) is 23.9. The third-order valence-corrected chi connectivity index (χ3v) is 5.96. The van der Waals surface area contributed by atoms with E-state index in [1.165, 1.54) is 11.1 Å². The minimum Gasteiger partial charge on any atom is -0.496 e. The van der Waals surface area contributed by atoms with Gasteiger partial charge in [-0.05, 0) is 41.3 Å². The van der Waals surface area contributed by atoms with Gasteiger partial charge in [-0.25, -0.2) is 0 Å². The second-order valence-corrected chi connectivity index (χ2v) is 7.97. The molecule has 0 fully saturated rings. The fourth-order valence-corrected chi connectivity index (χ4v) is 4.16. The third-order valence-electron chi connectivity index (χ3n) is 5.96. The van der Waals surface area contributed by atoms with E-state index in [1.54, 1.807) is 28.4 Å². The highest BCUT2D eigenvalue weighted by Crippen LogP contribution is 2.38. The van der Waals surface area contributed by atoms with Gasteiger partial charge in [0.15, 0.2) is 23.0 Å². The van der Waals surface area contributed by atoms with Gasteiger partial charge in [0.25, 0.3) is 0 Å². The van der Waals surface area contributed by atoms with Crippen LogP contribution < -0.4 is 29.0 Å². The minimum absolute atomic E-state index is 0.0265. The Morgan fingerprint density at radius 2 is 1.47 bits per heavy atom. The molecule has 4 rings (SSSR count). The van der Waals surface area contributed by atoms with Crippen LogP contribution in [0.3, 0.4) is 0 Å². The summed E-state index contributed by atoms with van der Waals surface area (Å²) in [6, 6.07) is 18.1. The van der Waals surface area contributed by atoms with Crippen molar-refractivity contribution < 1.29 is 23.7 Å². The molecule has 0 aromatic heterocycles. The Morgan fingerprint density at radius 3 is 2.18 bits per heavy atom. The van der Waals surface area contributed by atoms with Gasteiger partial charge in [-0.2, -0.15) is 0 Å². The van der Waals surface area contributed by atoms with Crippen molar-refractivity contribution in [3.63, 3.8) is 0 Å². The van der Waals surface area contributed by atoms with E-state index in [0.717, 1.165) is 35.6 Å². The summed E-state index contributed by atoms with van der Waals surface area (Å²) in [4.78, 5) is 0. The zero-order valence-electron chi connectivity index (χ0n) is 20.1.